The van der Waals surface area contributed by atoms with E-state index in [1.165, 1.54) is 12.1 Å². The van der Waals surface area contributed by atoms with E-state index >= 15 is 0 Å². The van der Waals surface area contributed by atoms with E-state index in [2.05, 4.69) is 10.2 Å². The molecule has 20 nitrogen and oxygen atoms in total. The van der Waals surface area contributed by atoms with E-state index in [1.54, 1.807) is 23.0 Å². The molecule has 2 saturated heterocycles. The molecule has 0 bridgehead atoms. The van der Waals surface area contributed by atoms with Crippen molar-refractivity contribution in [1.82, 2.24) is 26.4 Å². The van der Waals surface area contributed by atoms with Crippen molar-refractivity contribution >= 4 is 109 Å². The van der Waals surface area contributed by atoms with E-state index in [9.17, 15) is 97.1 Å². The minimum atomic E-state index is -6.06. The number of fused-ring (bicyclic) bond motifs is 2. The lowest BCUT2D eigenvalue weighted by Gasteiger charge is -2.37. The number of aryl methyl sites for hydroxylation is 2. The highest BCUT2D eigenvalue weighted by Gasteiger charge is 2.59. The van der Waals surface area contributed by atoms with Crippen molar-refractivity contribution in [3.63, 3.8) is 0 Å². The summed E-state index contributed by atoms with van der Waals surface area (Å²) in [5.74, 6) is -9.57. The second-order valence-electron chi connectivity index (χ2n) is 14.0. The highest BCUT2D eigenvalue weighted by atomic mass is 32.2. The van der Waals surface area contributed by atoms with Gasteiger partial charge in [-0.2, -0.15) is 69.5 Å². The normalized spacial score (nSPS) is 19.3. The number of aromatic nitrogens is 2. The van der Waals surface area contributed by atoms with Gasteiger partial charge in [-0.05, 0) is 44.2 Å². The quantitative estimate of drug-likeness (QED) is 0.107. The first kappa shape index (κ1) is 54.2. The van der Waals surface area contributed by atoms with Gasteiger partial charge in [0.1, 0.15) is 31.9 Å². The van der Waals surface area contributed by atoms with Crippen molar-refractivity contribution in [2.45, 2.75) is 67.9 Å². The molecule has 38 heteroatoms. The Morgan fingerprint density at radius 1 is 0.586 bits per heavy atom. The van der Waals surface area contributed by atoms with Gasteiger partial charge in [0.05, 0.1) is 25.3 Å². The third-order valence-corrected chi connectivity index (χ3v) is 16.9. The molecular weight excluding hydrogens is 1110 g/mol. The number of carbonyl (C=O) groups excluding carboxylic acids is 4. The average molecular weight is 1130 g/mol. The number of thiazole rings is 2. The lowest BCUT2D eigenvalue weighted by atomic mass is 10.3. The molecule has 4 amide bonds. The van der Waals surface area contributed by atoms with Crippen LogP contribution in [0.15, 0.2) is 51.5 Å². The molecule has 2 aliphatic rings. The molecule has 0 radical (unpaired) electrons. The van der Waals surface area contributed by atoms with Crippen molar-refractivity contribution in [2.75, 3.05) is 26.2 Å². The van der Waals surface area contributed by atoms with Crippen molar-refractivity contribution < 1.29 is 105 Å². The van der Waals surface area contributed by atoms with Crippen molar-refractivity contribution in [3.8, 4) is 5.75 Å². The number of benzene rings is 2. The third-order valence-electron chi connectivity index (χ3n) is 9.19. The summed E-state index contributed by atoms with van der Waals surface area (Å²) in [5, 5.41) is 5.52. The van der Waals surface area contributed by atoms with Crippen LogP contribution in [0.3, 0.4) is 0 Å². The summed E-state index contributed by atoms with van der Waals surface area (Å²) >= 11 is -4.75. The Morgan fingerprint density at radius 2 is 0.957 bits per heavy atom. The minimum Gasteiger partial charge on any atom is -0.400 e. The molecule has 2 fully saturated rings. The van der Waals surface area contributed by atoms with E-state index in [1.807, 2.05) is 0 Å². The van der Waals surface area contributed by atoms with E-state index in [-0.39, 0.29) is 32.1 Å². The molecule has 0 spiro atoms. The topological polar surface area (TPSA) is 237 Å². The Hall–Kier alpha value is -5.18. The molecule has 70 heavy (non-hydrogen) atoms. The van der Waals surface area contributed by atoms with Crippen LogP contribution in [-0.4, -0.2) is 137 Å². The van der Waals surface area contributed by atoms with Gasteiger partial charge < -0.3 is 13.3 Å². The smallest absolute Gasteiger partial charge is 0.400 e. The Kier molecular flexibility index (Phi) is 14.8. The van der Waals surface area contributed by atoms with Crippen LogP contribution in [0.25, 0.3) is 20.4 Å². The number of hydrogen-bond donors (Lipinski definition) is 0. The number of nitrogens with zero attached hydrogens (tertiary/aromatic N) is 8. The van der Waals surface area contributed by atoms with Gasteiger partial charge in [0.15, 0.2) is 11.1 Å². The van der Waals surface area contributed by atoms with Crippen molar-refractivity contribution in [1.29, 1.82) is 0 Å². The van der Waals surface area contributed by atoms with E-state index in [0.29, 0.717) is 11.0 Å². The summed E-state index contributed by atoms with van der Waals surface area (Å²) in [5.41, 5.74) is 0.724. The molecule has 6 rings (SSSR count). The summed E-state index contributed by atoms with van der Waals surface area (Å²) in [4.78, 5) is 51.4. The molecule has 2 aliphatic heterocycles. The van der Waals surface area contributed by atoms with Crippen LogP contribution < -0.4 is 13.8 Å². The Morgan fingerprint density at radius 3 is 1.34 bits per heavy atom. The van der Waals surface area contributed by atoms with Gasteiger partial charge in [-0.3, -0.25) is 23.4 Å². The molecular formula is C32H26F12N8O12S6. The van der Waals surface area contributed by atoms with Gasteiger partial charge >= 0.3 is 45.1 Å². The predicted molar refractivity (Wildman–Crippen MR) is 215 cm³/mol. The zero-order chi connectivity index (χ0) is 52.4. The summed E-state index contributed by atoms with van der Waals surface area (Å²) in [7, 11) is -12.1. The van der Waals surface area contributed by atoms with Crippen LogP contribution in [0.5, 0.6) is 5.75 Å². The molecule has 386 valence electrons. The van der Waals surface area contributed by atoms with Gasteiger partial charge in [0, 0.05) is 19.2 Å². The molecule has 4 aromatic rings. The minimum absolute atomic E-state index is 0.122. The molecule has 0 saturated carbocycles. The van der Waals surface area contributed by atoms with Crippen LogP contribution >= 0.6 is 22.7 Å². The number of amides is 4. The van der Waals surface area contributed by atoms with Gasteiger partial charge in [-0.15, -0.1) is 10.2 Å². The van der Waals surface area contributed by atoms with Crippen LogP contribution in [-0.2, 0) is 79.0 Å². The van der Waals surface area contributed by atoms with Gasteiger partial charge in [0.2, 0.25) is 32.0 Å². The maximum atomic E-state index is 13.3. The Balaban J connectivity index is 1.29. The van der Waals surface area contributed by atoms with Gasteiger partial charge in [-0.25, -0.2) is 25.6 Å². The summed E-state index contributed by atoms with van der Waals surface area (Å²) in [6, 6.07) is 7.03. The fourth-order valence-corrected chi connectivity index (χ4v) is 13.6. The highest BCUT2D eigenvalue weighted by molar-refractivity contribution is 7.89. The number of carbonyl (C=O) groups is 4. The number of alkyl halides is 12. The molecule has 0 aliphatic carbocycles. The molecule has 0 N–H and O–H groups in total. The maximum absolute atomic E-state index is 13.3. The molecule has 2 aromatic heterocycles. The molecule has 4 heterocycles. The average Bonchev–Trinajstić information content (AvgIpc) is 3.77. The molecule has 2 aromatic carbocycles. The summed E-state index contributed by atoms with van der Waals surface area (Å²) in [6.07, 6.45) is -25.1. The summed E-state index contributed by atoms with van der Waals surface area (Å²) < 4.78 is 245. The monoisotopic (exact) mass is 1130 g/mol. The van der Waals surface area contributed by atoms with E-state index < -0.39 is 156 Å². The lowest BCUT2D eigenvalue weighted by molar-refractivity contribution is -0.170. The lowest BCUT2D eigenvalue weighted by Crippen LogP contribution is -2.66. The van der Waals surface area contributed by atoms with Gasteiger partial charge in [-0.1, -0.05) is 22.7 Å². The summed E-state index contributed by atoms with van der Waals surface area (Å²) in [6.45, 7) is -6.99. The number of hydrogen-bond acceptors (Lipinski definition) is 16. The fourth-order valence-electron chi connectivity index (χ4n) is 6.36. The van der Waals surface area contributed by atoms with E-state index in [4.69, 9.17) is 8.37 Å². The first-order valence-corrected chi connectivity index (χ1v) is 25.3. The van der Waals surface area contributed by atoms with Crippen LogP contribution in [0.1, 0.15) is 13.8 Å². The maximum Gasteiger partial charge on any atom is 0.407 e. The standard InChI is InChI=1S/C32H26F12N8O12S6/c1-3-47-17-7-5-15(63-68(58)22-25(55)51(13-31(39,40)41)70(61,62)52(26(22)56)14-32(42,43)44)9-19(17)65-27(47)45-46-28-48(4-2)18-8-6-16(10-20(18)66-28)67(57)64-21-23(53)49(11-29(33,34)35)69(59,60)50(24(21)54)12-30(36,37)38/h5-10,21-22H,3-4,11-14H2,1-2H3. The SMILES string of the molecule is CCn1c(=NN=c2sc3cc(S(=O)OC4C(=O)N(CC(F)(F)F)S(=O)(=O)N(CC(F)(F)F)C4=O)ccc3n2CC)sc2cc(OS(=O)C3C(=O)N(CC(F)(F)F)S(=O)(=O)N(CC(F)(F)F)C3=O)ccc21. The highest BCUT2D eigenvalue weighted by Crippen LogP contribution is 2.33. The van der Waals surface area contributed by atoms with Crippen molar-refractivity contribution in [3.05, 3.63) is 46.0 Å². The van der Waals surface area contributed by atoms with Crippen LogP contribution in [0, 0.1) is 0 Å². The zero-order valence-electron chi connectivity index (χ0n) is 34.3. The second-order valence-corrected chi connectivity index (χ2v) is 21.9. The van der Waals surface area contributed by atoms with E-state index in [0.717, 1.165) is 46.9 Å². The second kappa shape index (κ2) is 19.1. The fraction of sp³-hybridized carbons (Fsp3) is 0.438. The molecule has 2 unspecified atom stereocenters. The van der Waals surface area contributed by atoms with Gasteiger partial charge in [0.25, 0.3) is 23.6 Å². The largest absolute Gasteiger partial charge is 0.407 e. The van der Waals surface area contributed by atoms with Crippen molar-refractivity contribution in [2.24, 2.45) is 10.2 Å². The first-order valence-electron chi connectivity index (χ1n) is 18.6. The first-order chi connectivity index (χ1) is 32.1. The molecule has 2 atom stereocenters. The Labute approximate surface area is 395 Å². The predicted octanol–water partition coefficient (Wildman–Crippen LogP) is 3.07. The zero-order valence-corrected chi connectivity index (χ0v) is 39.2. The Bertz CT molecular complexity index is 3130. The third kappa shape index (κ3) is 11.3. The van der Waals surface area contributed by atoms with Crippen LogP contribution in [0.2, 0.25) is 0 Å². The number of halogens is 12. The number of rotatable bonds is 13. The van der Waals surface area contributed by atoms with Crippen LogP contribution in [0.4, 0.5) is 52.7 Å².